The molecule has 1 aromatic rings. The molecular formula is C15H22N4O2. The standard InChI is InChI=1S/C15H22N4O2/c1-15(2)14(21)17-7-9-19(15)8-6-13(20)18-12-5-3-4-11(16)10-12/h3-5,10H,6-9,16H2,1-2H3,(H,17,21)(H,18,20). The molecule has 0 aromatic heterocycles. The second kappa shape index (κ2) is 6.13. The number of carbonyl (C=O) groups is 2. The highest BCUT2D eigenvalue weighted by atomic mass is 16.2. The minimum absolute atomic E-state index is 0.00462. The predicted octanol–water partition coefficient (Wildman–Crippen LogP) is 0.808. The van der Waals surface area contributed by atoms with E-state index in [0.29, 0.717) is 30.9 Å². The molecule has 6 heteroatoms. The van der Waals surface area contributed by atoms with Crippen molar-refractivity contribution in [1.82, 2.24) is 10.2 Å². The van der Waals surface area contributed by atoms with Crippen molar-refractivity contribution in [2.24, 2.45) is 0 Å². The van der Waals surface area contributed by atoms with Crippen LogP contribution in [0.1, 0.15) is 20.3 Å². The third-order valence-corrected chi connectivity index (χ3v) is 3.79. The van der Waals surface area contributed by atoms with Gasteiger partial charge in [-0.2, -0.15) is 0 Å². The van der Waals surface area contributed by atoms with Crippen LogP contribution >= 0.6 is 0 Å². The Morgan fingerprint density at radius 3 is 2.95 bits per heavy atom. The summed E-state index contributed by atoms with van der Waals surface area (Å²) in [5, 5.41) is 5.66. The number of nitrogens with one attached hydrogen (secondary N) is 2. The van der Waals surface area contributed by atoms with Crippen LogP contribution in [0.15, 0.2) is 24.3 Å². The lowest BCUT2D eigenvalue weighted by atomic mass is 9.98. The maximum Gasteiger partial charge on any atom is 0.239 e. The van der Waals surface area contributed by atoms with E-state index < -0.39 is 5.54 Å². The van der Waals surface area contributed by atoms with Gasteiger partial charge in [-0.05, 0) is 32.0 Å². The van der Waals surface area contributed by atoms with Gasteiger partial charge in [-0.3, -0.25) is 14.5 Å². The predicted molar refractivity (Wildman–Crippen MR) is 82.8 cm³/mol. The molecule has 0 unspecified atom stereocenters. The summed E-state index contributed by atoms with van der Waals surface area (Å²) in [4.78, 5) is 25.8. The smallest absolute Gasteiger partial charge is 0.239 e. The summed E-state index contributed by atoms with van der Waals surface area (Å²) >= 11 is 0. The fourth-order valence-corrected chi connectivity index (χ4v) is 2.41. The summed E-state index contributed by atoms with van der Waals surface area (Å²) in [5.74, 6) is -0.0765. The van der Waals surface area contributed by atoms with Crippen LogP contribution in [0.4, 0.5) is 11.4 Å². The highest BCUT2D eigenvalue weighted by Crippen LogP contribution is 2.18. The lowest BCUT2D eigenvalue weighted by molar-refractivity contribution is -0.135. The van der Waals surface area contributed by atoms with Gasteiger partial charge in [-0.25, -0.2) is 0 Å². The SMILES string of the molecule is CC1(C)C(=O)NCCN1CCC(=O)Nc1cccc(N)c1. The first-order valence-electron chi connectivity index (χ1n) is 7.08. The molecule has 0 atom stereocenters. The first kappa shape index (κ1) is 15.3. The molecule has 2 amide bonds. The molecule has 0 spiro atoms. The Bertz CT molecular complexity index is 542. The summed E-state index contributed by atoms with van der Waals surface area (Å²) < 4.78 is 0. The number of rotatable bonds is 4. The lowest BCUT2D eigenvalue weighted by Gasteiger charge is -2.41. The molecule has 21 heavy (non-hydrogen) atoms. The number of hydrogen-bond acceptors (Lipinski definition) is 4. The first-order valence-corrected chi connectivity index (χ1v) is 7.08. The first-order chi connectivity index (χ1) is 9.89. The summed E-state index contributed by atoms with van der Waals surface area (Å²) in [6.07, 6.45) is 0.339. The molecule has 6 nitrogen and oxygen atoms in total. The van der Waals surface area contributed by atoms with Crippen LogP contribution in [-0.2, 0) is 9.59 Å². The van der Waals surface area contributed by atoms with Crippen molar-refractivity contribution in [2.75, 3.05) is 30.7 Å². The van der Waals surface area contributed by atoms with Crippen molar-refractivity contribution in [2.45, 2.75) is 25.8 Å². The molecule has 0 radical (unpaired) electrons. The van der Waals surface area contributed by atoms with Gasteiger partial charge in [-0.1, -0.05) is 6.07 Å². The molecule has 1 saturated heterocycles. The van der Waals surface area contributed by atoms with Crippen LogP contribution in [0.25, 0.3) is 0 Å². The van der Waals surface area contributed by atoms with Crippen molar-refractivity contribution in [3.63, 3.8) is 0 Å². The van der Waals surface area contributed by atoms with E-state index in [4.69, 9.17) is 5.73 Å². The molecule has 114 valence electrons. The summed E-state index contributed by atoms with van der Waals surface area (Å²) in [7, 11) is 0. The topological polar surface area (TPSA) is 87.5 Å². The number of nitrogen functional groups attached to an aromatic ring is 1. The van der Waals surface area contributed by atoms with Crippen LogP contribution in [0.2, 0.25) is 0 Å². The number of piperazine rings is 1. The molecule has 4 N–H and O–H groups in total. The van der Waals surface area contributed by atoms with Crippen LogP contribution in [0.3, 0.4) is 0 Å². The Balaban J connectivity index is 1.88. The number of carbonyl (C=O) groups excluding carboxylic acids is 2. The molecule has 1 aromatic carbocycles. The second-order valence-electron chi connectivity index (χ2n) is 5.73. The fourth-order valence-electron chi connectivity index (χ4n) is 2.41. The Labute approximate surface area is 124 Å². The zero-order valence-corrected chi connectivity index (χ0v) is 12.5. The molecule has 0 aliphatic carbocycles. The Morgan fingerprint density at radius 2 is 2.24 bits per heavy atom. The quantitative estimate of drug-likeness (QED) is 0.716. The van der Waals surface area contributed by atoms with E-state index in [1.165, 1.54) is 0 Å². The maximum atomic E-state index is 12.0. The number of anilines is 2. The fraction of sp³-hybridized carbons (Fsp3) is 0.467. The Hall–Kier alpha value is -2.08. The largest absolute Gasteiger partial charge is 0.399 e. The minimum atomic E-state index is -0.574. The van der Waals surface area contributed by atoms with E-state index in [-0.39, 0.29) is 11.8 Å². The second-order valence-corrected chi connectivity index (χ2v) is 5.73. The van der Waals surface area contributed by atoms with Crippen molar-refractivity contribution in [3.05, 3.63) is 24.3 Å². The van der Waals surface area contributed by atoms with Crippen molar-refractivity contribution < 1.29 is 9.59 Å². The molecular weight excluding hydrogens is 268 g/mol. The molecule has 0 saturated carbocycles. The van der Waals surface area contributed by atoms with Gasteiger partial charge in [0.15, 0.2) is 0 Å². The van der Waals surface area contributed by atoms with Crippen molar-refractivity contribution >= 4 is 23.2 Å². The number of amides is 2. The molecule has 1 fully saturated rings. The summed E-state index contributed by atoms with van der Waals surface area (Å²) in [6.45, 7) is 5.67. The Kier molecular flexibility index (Phi) is 4.47. The zero-order chi connectivity index (χ0) is 15.5. The Morgan fingerprint density at radius 1 is 1.48 bits per heavy atom. The van der Waals surface area contributed by atoms with Gasteiger partial charge in [0.1, 0.15) is 0 Å². The van der Waals surface area contributed by atoms with Gasteiger partial charge in [0.25, 0.3) is 0 Å². The van der Waals surface area contributed by atoms with Gasteiger partial charge in [-0.15, -0.1) is 0 Å². The highest BCUT2D eigenvalue weighted by Gasteiger charge is 2.37. The van der Waals surface area contributed by atoms with E-state index in [1.807, 2.05) is 18.7 Å². The van der Waals surface area contributed by atoms with Gasteiger partial charge in [0, 0.05) is 37.4 Å². The average molecular weight is 290 g/mol. The third kappa shape index (κ3) is 3.72. The van der Waals surface area contributed by atoms with Crippen LogP contribution in [-0.4, -0.2) is 41.9 Å². The number of nitrogens with zero attached hydrogens (tertiary/aromatic N) is 1. The molecule has 1 aliphatic heterocycles. The molecule has 1 heterocycles. The normalized spacial score (nSPS) is 18.1. The van der Waals surface area contributed by atoms with Crippen LogP contribution in [0, 0.1) is 0 Å². The van der Waals surface area contributed by atoms with Crippen LogP contribution in [0.5, 0.6) is 0 Å². The van der Waals surface area contributed by atoms with E-state index in [0.717, 1.165) is 6.54 Å². The zero-order valence-electron chi connectivity index (χ0n) is 12.5. The van der Waals surface area contributed by atoms with E-state index in [1.54, 1.807) is 24.3 Å². The number of hydrogen-bond donors (Lipinski definition) is 3. The molecule has 1 aliphatic rings. The van der Waals surface area contributed by atoms with Gasteiger partial charge in [0.05, 0.1) is 5.54 Å². The maximum absolute atomic E-state index is 12.0. The van der Waals surface area contributed by atoms with E-state index in [9.17, 15) is 9.59 Å². The summed E-state index contributed by atoms with van der Waals surface area (Å²) in [6, 6.07) is 7.08. The number of benzene rings is 1. The molecule has 2 rings (SSSR count). The highest BCUT2D eigenvalue weighted by molar-refractivity contribution is 5.91. The van der Waals surface area contributed by atoms with Gasteiger partial charge in [0.2, 0.25) is 11.8 Å². The average Bonchev–Trinajstić information content (AvgIpc) is 2.40. The monoisotopic (exact) mass is 290 g/mol. The van der Waals surface area contributed by atoms with Crippen molar-refractivity contribution in [3.8, 4) is 0 Å². The van der Waals surface area contributed by atoms with E-state index >= 15 is 0 Å². The van der Waals surface area contributed by atoms with Crippen LogP contribution < -0.4 is 16.4 Å². The van der Waals surface area contributed by atoms with Crippen molar-refractivity contribution in [1.29, 1.82) is 0 Å². The van der Waals surface area contributed by atoms with Gasteiger partial charge >= 0.3 is 0 Å². The lowest BCUT2D eigenvalue weighted by Crippen LogP contribution is -2.62. The van der Waals surface area contributed by atoms with Gasteiger partial charge < -0.3 is 16.4 Å². The summed E-state index contributed by atoms with van der Waals surface area (Å²) in [5.41, 5.74) is 6.40. The molecule has 0 bridgehead atoms. The minimum Gasteiger partial charge on any atom is -0.399 e. The number of nitrogens with two attached hydrogens (primary N) is 1. The van der Waals surface area contributed by atoms with E-state index in [2.05, 4.69) is 10.6 Å². The third-order valence-electron chi connectivity index (χ3n) is 3.79.